The van der Waals surface area contributed by atoms with Gasteiger partial charge in [-0.3, -0.25) is 4.68 Å². The Morgan fingerprint density at radius 2 is 2.12 bits per heavy atom. The third-order valence-corrected chi connectivity index (χ3v) is 4.23. The summed E-state index contributed by atoms with van der Waals surface area (Å²) in [5, 5.41) is 14.6. The van der Waals surface area contributed by atoms with Crippen LogP contribution in [0.1, 0.15) is 20.3 Å². The number of hydrogen-bond acceptors (Lipinski definition) is 5. The Labute approximate surface area is 140 Å². The van der Waals surface area contributed by atoms with Crippen molar-refractivity contribution in [2.45, 2.75) is 25.8 Å². The van der Waals surface area contributed by atoms with Crippen molar-refractivity contribution in [1.29, 1.82) is 5.26 Å². The molecule has 0 aliphatic carbocycles. The molecule has 0 radical (unpaired) electrons. The van der Waals surface area contributed by atoms with E-state index < -0.39 is 0 Å². The second-order valence-corrected chi connectivity index (χ2v) is 5.87. The lowest BCUT2D eigenvalue weighted by Crippen LogP contribution is -2.61. The van der Waals surface area contributed by atoms with Gasteiger partial charge in [-0.15, -0.1) is 0 Å². The molecule has 0 aromatic carbocycles. The zero-order chi connectivity index (χ0) is 17.2. The van der Waals surface area contributed by atoms with Gasteiger partial charge in [-0.1, -0.05) is 13.8 Å². The number of rotatable bonds is 3. The maximum Gasteiger partial charge on any atom is 0.141 e. The van der Waals surface area contributed by atoms with Crippen LogP contribution in [-0.2, 0) is 5.54 Å². The van der Waals surface area contributed by atoms with E-state index in [0.717, 1.165) is 35.4 Å². The molecular formula is C17H21N7. The molecule has 1 aliphatic heterocycles. The number of aromatic nitrogens is 5. The smallest absolute Gasteiger partial charge is 0.141 e. The number of nitrogens with one attached hydrogen (secondary N) is 1. The van der Waals surface area contributed by atoms with Crippen molar-refractivity contribution in [2.75, 3.05) is 20.1 Å². The molecule has 3 aromatic heterocycles. The topological polar surface area (TPSA) is 86.4 Å². The summed E-state index contributed by atoms with van der Waals surface area (Å²) >= 11 is 0. The second kappa shape index (κ2) is 6.42. The first-order valence-electron chi connectivity index (χ1n) is 8.11. The van der Waals surface area contributed by atoms with E-state index in [9.17, 15) is 0 Å². The number of nitrogens with zero attached hydrogens (tertiary/aromatic N) is 6. The average Bonchev–Trinajstić information content (AvgIpc) is 3.24. The number of likely N-dealkylation sites (N-methyl/N-ethyl adjacent to an activating group) is 1. The van der Waals surface area contributed by atoms with Crippen LogP contribution in [-0.4, -0.2) is 49.8 Å². The molecule has 0 bridgehead atoms. The third-order valence-electron chi connectivity index (χ3n) is 4.23. The fourth-order valence-electron chi connectivity index (χ4n) is 3.25. The molecule has 7 heteroatoms. The van der Waals surface area contributed by atoms with Crippen LogP contribution in [0.5, 0.6) is 0 Å². The van der Waals surface area contributed by atoms with Gasteiger partial charge in [0.25, 0.3) is 0 Å². The van der Waals surface area contributed by atoms with Crippen molar-refractivity contribution in [3.05, 3.63) is 31.0 Å². The van der Waals surface area contributed by atoms with Crippen LogP contribution < -0.4 is 0 Å². The lowest BCUT2D eigenvalue weighted by Gasteiger charge is -2.47. The predicted molar refractivity (Wildman–Crippen MR) is 92.2 cm³/mol. The van der Waals surface area contributed by atoms with Gasteiger partial charge in [0.1, 0.15) is 17.5 Å². The van der Waals surface area contributed by atoms with Gasteiger partial charge in [0.15, 0.2) is 0 Å². The average molecular weight is 323 g/mol. The molecule has 0 unspecified atom stereocenters. The summed E-state index contributed by atoms with van der Waals surface area (Å²) in [4.78, 5) is 13.9. The van der Waals surface area contributed by atoms with E-state index in [4.69, 9.17) is 5.26 Å². The summed E-state index contributed by atoms with van der Waals surface area (Å²) in [7, 11) is 2.05. The highest BCUT2D eigenvalue weighted by Gasteiger charge is 2.43. The first-order chi connectivity index (χ1) is 11.7. The van der Waals surface area contributed by atoms with Crippen molar-refractivity contribution >= 4 is 11.0 Å². The Kier molecular flexibility index (Phi) is 4.32. The number of fused-ring (bicyclic) bond motifs is 1. The summed E-state index contributed by atoms with van der Waals surface area (Å²) in [6.07, 6.45) is 7.66. The Morgan fingerprint density at radius 3 is 2.83 bits per heavy atom. The Bertz CT molecular complexity index is 864. The first-order valence-corrected chi connectivity index (χ1v) is 8.11. The molecule has 0 atom stereocenters. The quantitative estimate of drug-likeness (QED) is 0.800. The van der Waals surface area contributed by atoms with Crippen LogP contribution in [0.3, 0.4) is 0 Å². The molecule has 1 N–H and O–H groups in total. The third kappa shape index (κ3) is 2.55. The first kappa shape index (κ1) is 16.1. The van der Waals surface area contributed by atoms with Gasteiger partial charge in [-0.05, 0) is 13.1 Å². The lowest BCUT2D eigenvalue weighted by atomic mass is 9.87. The molecule has 124 valence electrons. The second-order valence-electron chi connectivity index (χ2n) is 5.87. The number of H-pyrrole nitrogens is 1. The van der Waals surface area contributed by atoms with Crippen LogP contribution in [0.25, 0.3) is 22.3 Å². The predicted octanol–water partition coefficient (Wildman–Crippen LogP) is 2.40. The Morgan fingerprint density at radius 1 is 1.33 bits per heavy atom. The molecule has 24 heavy (non-hydrogen) atoms. The van der Waals surface area contributed by atoms with Gasteiger partial charge in [0, 0.05) is 36.4 Å². The van der Waals surface area contributed by atoms with Crippen molar-refractivity contribution < 1.29 is 0 Å². The van der Waals surface area contributed by atoms with Gasteiger partial charge >= 0.3 is 0 Å². The summed E-state index contributed by atoms with van der Waals surface area (Å²) in [5.41, 5.74) is 2.40. The van der Waals surface area contributed by atoms with Crippen LogP contribution in [0.2, 0.25) is 0 Å². The maximum atomic E-state index is 9.12. The monoisotopic (exact) mass is 323 g/mol. The maximum absolute atomic E-state index is 9.12. The van der Waals surface area contributed by atoms with Crippen molar-refractivity contribution in [3.63, 3.8) is 0 Å². The van der Waals surface area contributed by atoms with Crippen LogP contribution in [0.15, 0.2) is 31.0 Å². The molecule has 1 fully saturated rings. The number of aromatic amines is 1. The van der Waals surface area contributed by atoms with Gasteiger partial charge in [0.05, 0.1) is 24.4 Å². The molecule has 0 spiro atoms. The lowest BCUT2D eigenvalue weighted by molar-refractivity contribution is 0.0265. The van der Waals surface area contributed by atoms with E-state index in [-0.39, 0.29) is 5.54 Å². The van der Waals surface area contributed by atoms with Crippen molar-refractivity contribution in [1.82, 2.24) is 29.6 Å². The van der Waals surface area contributed by atoms with Gasteiger partial charge in [-0.25, -0.2) is 9.97 Å². The zero-order valence-corrected chi connectivity index (χ0v) is 14.2. The molecule has 7 nitrogen and oxygen atoms in total. The summed E-state index contributed by atoms with van der Waals surface area (Å²) in [6, 6.07) is 4.25. The van der Waals surface area contributed by atoms with E-state index in [1.54, 1.807) is 6.33 Å². The highest BCUT2D eigenvalue weighted by molar-refractivity contribution is 5.89. The highest BCUT2D eigenvalue weighted by Crippen LogP contribution is 2.33. The van der Waals surface area contributed by atoms with E-state index in [0.29, 0.717) is 6.42 Å². The van der Waals surface area contributed by atoms with Crippen LogP contribution >= 0.6 is 0 Å². The molecular weight excluding hydrogens is 302 g/mol. The van der Waals surface area contributed by atoms with Crippen LogP contribution in [0, 0.1) is 11.3 Å². The summed E-state index contributed by atoms with van der Waals surface area (Å²) in [5.74, 6) is 0. The van der Waals surface area contributed by atoms with Gasteiger partial charge in [-0.2, -0.15) is 10.4 Å². The molecule has 0 amide bonds. The van der Waals surface area contributed by atoms with Crippen molar-refractivity contribution in [2.24, 2.45) is 0 Å². The SMILES string of the molecule is CC.CN1CC(CC#N)(n2cc(-c3ncnc4[nH]ccc34)cn2)C1. The van der Waals surface area contributed by atoms with Crippen molar-refractivity contribution in [3.8, 4) is 17.3 Å². The molecule has 1 aliphatic rings. The minimum atomic E-state index is -0.216. The largest absolute Gasteiger partial charge is 0.346 e. The summed E-state index contributed by atoms with van der Waals surface area (Å²) in [6.45, 7) is 5.68. The zero-order valence-electron chi connectivity index (χ0n) is 14.2. The molecule has 4 rings (SSSR count). The minimum absolute atomic E-state index is 0.216. The highest BCUT2D eigenvalue weighted by atomic mass is 15.4. The Hall–Kier alpha value is -2.72. The minimum Gasteiger partial charge on any atom is -0.346 e. The van der Waals surface area contributed by atoms with E-state index in [2.05, 4.69) is 31.0 Å². The van der Waals surface area contributed by atoms with E-state index >= 15 is 0 Å². The molecule has 3 aromatic rings. The fourth-order valence-corrected chi connectivity index (χ4v) is 3.25. The van der Waals surface area contributed by atoms with Crippen LogP contribution in [0.4, 0.5) is 0 Å². The Balaban J connectivity index is 0.000000815. The molecule has 1 saturated heterocycles. The molecule has 0 saturated carbocycles. The molecule has 4 heterocycles. The summed E-state index contributed by atoms with van der Waals surface area (Å²) < 4.78 is 1.92. The number of likely N-dealkylation sites (tertiary alicyclic amines) is 1. The van der Waals surface area contributed by atoms with Gasteiger partial charge in [0.2, 0.25) is 0 Å². The fraction of sp³-hybridized carbons (Fsp3) is 0.412. The van der Waals surface area contributed by atoms with E-state index in [1.807, 2.05) is 50.2 Å². The normalized spacial score (nSPS) is 16.1. The van der Waals surface area contributed by atoms with Gasteiger partial charge < -0.3 is 9.88 Å². The number of nitriles is 1. The standard InChI is InChI=1S/C15H15N7.C2H6/c1-21-8-15(9-21,3-4-16)22-7-11(6-20-22)13-12-2-5-17-14(12)19-10-18-13;1-2/h2,5-7,10H,3,8-9H2,1H3,(H,17,18,19);1-2H3. The van der Waals surface area contributed by atoms with E-state index in [1.165, 1.54) is 0 Å². The number of hydrogen-bond donors (Lipinski definition) is 1.